The Morgan fingerprint density at radius 1 is 1.00 bits per heavy atom. The second-order valence-electron chi connectivity index (χ2n) is 4.57. The quantitative estimate of drug-likeness (QED) is 0.571. The molecule has 2 heteroatoms. The van der Waals surface area contributed by atoms with E-state index in [1.165, 1.54) is 0 Å². The van der Waals surface area contributed by atoms with Crippen LogP contribution in [0.2, 0.25) is 5.02 Å². The summed E-state index contributed by atoms with van der Waals surface area (Å²) in [6.45, 7) is 3.83. The Bertz CT molecular complexity index is 607. The number of hydrogen-bond acceptors (Lipinski definition) is 1. The summed E-state index contributed by atoms with van der Waals surface area (Å²) in [6.07, 6.45) is 1.87. The minimum Gasteiger partial charge on any atom is -0.289 e. The van der Waals surface area contributed by atoms with Crippen molar-refractivity contribution in [1.82, 2.24) is 0 Å². The molecule has 2 aromatic rings. The van der Waals surface area contributed by atoms with Crippen LogP contribution in [-0.2, 0) is 0 Å². The molecule has 0 N–H and O–H groups in total. The molecule has 0 aliphatic heterocycles. The van der Waals surface area contributed by atoms with Gasteiger partial charge in [0.15, 0.2) is 5.78 Å². The Kier molecular flexibility index (Phi) is 4.18. The number of benzene rings is 2. The lowest BCUT2D eigenvalue weighted by atomic mass is 10.0. The first-order valence-corrected chi connectivity index (χ1v) is 6.49. The predicted molar refractivity (Wildman–Crippen MR) is 80.6 cm³/mol. The Hall–Kier alpha value is -1.86. The van der Waals surface area contributed by atoms with Crippen LogP contribution in [0.4, 0.5) is 0 Å². The lowest BCUT2D eigenvalue weighted by Crippen LogP contribution is -2.00. The predicted octanol–water partition coefficient (Wildman–Crippen LogP) is 4.93. The second kappa shape index (κ2) is 5.85. The van der Waals surface area contributed by atoms with Crippen LogP contribution in [0.15, 0.2) is 54.1 Å². The van der Waals surface area contributed by atoms with Crippen molar-refractivity contribution in [3.8, 4) is 0 Å². The molecule has 0 heterocycles. The van der Waals surface area contributed by atoms with Crippen LogP contribution in [0.5, 0.6) is 0 Å². The van der Waals surface area contributed by atoms with Crippen molar-refractivity contribution in [1.29, 1.82) is 0 Å². The molecule has 96 valence electrons. The van der Waals surface area contributed by atoms with E-state index in [1.54, 1.807) is 0 Å². The van der Waals surface area contributed by atoms with E-state index >= 15 is 0 Å². The molecule has 0 aliphatic rings. The molecule has 0 spiro atoms. The molecule has 0 amide bonds. The smallest absolute Gasteiger partial charge is 0.188 e. The standard InChI is InChI=1S/C17H15ClO/c1-12-3-7-15(8-4-12)17(19)13(2)11-14-5-9-16(18)10-6-14/h3-11H,1-2H3/b13-11+. The molecule has 2 rings (SSSR count). The maximum absolute atomic E-state index is 12.2. The first kappa shape index (κ1) is 13.6. The number of aryl methyl sites for hydroxylation is 1. The van der Waals surface area contributed by atoms with E-state index in [4.69, 9.17) is 11.6 Å². The van der Waals surface area contributed by atoms with Gasteiger partial charge in [-0.1, -0.05) is 53.6 Å². The Morgan fingerprint density at radius 3 is 2.16 bits per heavy atom. The molecule has 0 aliphatic carbocycles. The van der Waals surface area contributed by atoms with Gasteiger partial charge in [0.2, 0.25) is 0 Å². The van der Waals surface area contributed by atoms with Gasteiger partial charge in [0.25, 0.3) is 0 Å². The topological polar surface area (TPSA) is 17.1 Å². The molecule has 0 saturated carbocycles. The number of carbonyl (C=O) groups is 1. The van der Waals surface area contributed by atoms with Crippen LogP contribution in [-0.4, -0.2) is 5.78 Å². The summed E-state index contributed by atoms with van der Waals surface area (Å²) < 4.78 is 0. The molecule has 0 saturated heterocycles. The van der Waals surface area contributed by atoms with E-state index in [0.717, 1.165) is 11.1 Å². The lowest BCUT2D eigenvalue weighted by molar-refractivity contribution is 0.103. The minimum absolute atomic E-state index is 0.0509. The van der Waals surface area contributed by atoms with Gasteiger partial charge in [-0.25, -0.2) is 0 Å². The number of carbonyl (C=O) groups excluding carboxylic acids is 1. The van der Waals surface area contributed by atoms with Crippen LogP contribution in [0, 0.1) is 6.92 Å². The highest BCUT2D eigenvalue weighted by Gasteiger charge is 2.07. The zero-order valence-electron chi connectivity index (χ0n) is 11.0. The molecular formula is C17H15ClO. The molecule has 0 aromatic heterocycles. The summed E-state index contributed by atoms with van der Waals surface area (Å²) in [4.78, 5) is 12.2. The fourth-order valence-electron chi connectivity index (χ4n) is 1.81. The summed E-state index contributed by atoms with van der Waals surface area (Å²) in [6, 6.07) is 15.0. The highest BCUT2D eigenvalue weighted by atomic mass is 35.5. The number of hydrogen-bond donors (Lipinski definition) is 0. The molecule has 1 nitrogen and oxygen atoms in total. The zero-order chi connectivity index (χ0) is 13.8. The van der Waals surface area contributed by atoms with Crippen LogP contribution in [0.25, 0.3) is 6.08 Å². The molecular weight excluding hydrogens is 256 g/mol. The number of allylic oxidation sites excluding steroid dienone is 1. The maximum Gasteiger partial charge on any atom is 0.188 e. The zero-order valence-corrected chi connectivity index (χ0v) is 11.7. The summed E-state index contributed by atoms with van der Waals surface area (Å²) in [5.74, 6) is 0.0509. The average Bonchev–Trinajstić information content (AvgIpc) is 2.41. The molecule has 0 radical (unpaired) electrons. The van der Waals surface area contributed by atoms with Gasteiger partial charge in [0, 0.05) is 10.6 Å². The summed E-state index contributed by atoms with van der Waals surface area (Å²) in [5, 5.41) is 0.694. The average molecular weight is 271 g/mol. The van der Waals surface area contributed by atoms with Crippen molar-refractivity contribution in [3.05, 3.63) is 75.8 Å². The first-order chi connectivity index (χ1) is 9.06. The molecule has 2 aromatic carbocycles. The van der Waals surface area contributed by atoms with Crippen molar-refractivity contribution < 1.29 is 4.79 Å². The second-order valence-corrected chi connectivity index (χ2v) is 5.01. The van der Waals surface area contributed by atoms with E-state index in [-0.39, 0.29) is 5.78 Å². The third-order valence-corrected chi connectivity index (χ3v) is 3.18. The Labute approximate surface area is 118 Å². The monoisotopic (exact) mass is 270 g/mol. The fourth-order valence-corrected chi connectivity index (χ4v) is 1.93. The van der Waals surface area contributed by atoms with Gasteiger partial charge in [-0.15, -0.1) is 0 Å². The molecule has 0 unspecified atom stereocenters. The minimum atomic E-state index is 0.0509. The van der Waals surface area contributed by atoms with Gasteiger partial charge in [0.1, 0.15) is 0 Å². The van der Waals surface area contributed by atoms with Gasteiger partial charge in [-0.2, -0.15) is 0 Å². The number of halogens is 1. The Balaban J connectivity index is 2.23. The maximum atomic E-state index is 12.2. The summed E-state index contributed by atoms with van der Waals surface area (Å²) in [7, 11) is 0. The van der Waals surface area contributed by atoms with E-state index < -0.39 is 0 Å². The molecule has 0 bridgehead atoms. The SMILES string of the molecule is C/C(=C\c1ccc(Cl)cc1)C(=O)c1ccc(C)cc1. The van der Waals surface area contributed by atoms with Gasteiger partial charge in [-0.05, 0) is 43.2 Å². The van der Waals surface area contributed by atoms with Crippen LogP contribution in [0.1, 0.15) is 28.4 Å². The third-order valence-electron chi connectivity index (χ3n) is 2.93. The van der Waals surface area contributed by atoms with Crippen molar-refractivity contribution >= 4 is 23.5 Å². The van der Waals surface area contributed by atoms with E-state index in [9.17, 15) is 4.79 Å². The van der Waals surface area contributed by atoms with Crippen molar-refractivity contribution in [2.45, 2.75) is 13.8 Å². The van der Waals surface area contributed by atoms with Crippen LogP contribution < -0.4 is 0 Å². The van der Waals surface area contributed by atoms with E-state index in [2.05, 4.69) is 0 Å². The molecule has 0 fully saturated rings. The number of Topliss-reactive ketones (excluding diaryl/α,β-unsaturated/α-hetero) is 1. The van der Waals surface area contributed by atoms with E-state index in [1.807, 2.05) is 68.5 Å². The van der Waals surface area contributed by atoms with Gasteiger partial charge >= 0.3 is 0 Å². The highest BCUT2D eigenvalue weighted by molar-refractivity contribution is 6.30. The Morgan fingerprint density at radius 2 is 1.58 bits per heavy atom. The largest absolute Gasteiger partial charge is 0.289 e. The van der Waals surface area contributed by atoms with E-state index in [0.29, 0.717) is 16.2 Å². The van der Waals surface area contributed by atoms with Gasteiger partial charge in [-0.3, -0.25) is 4.79 Å². The number of ketones is 1. The van der Waals surface area contributed by atoms with Gasteiger partial charge in [0.05, 0.1) is 0 Å². The van der Waals surface area contributed by atoms with Crippen molar-refractivity contribution in [2.24, 2.45) is 0 Å². The molecule has 19 heavy (non-hydrogen) atoms. The van der Waals surface area contributed by atoms with Gasteiger partial charge < -0.3 is 0 Å². The van der Waals surface area contributed by atoms with Crippen molar-refractivity contribution in [2.75, 3.05) is 0 Å². The van der Waals surface area contributed by atoms with Crippen LogP contribution in [0.3, 0.4) is 0 Å². The molecule has 0 atom stereocenters. The fraction of sp³-hybridized carbons (Fsp3) is 0.118. The first-order valence-electron chi connectivity index (χ1n) is 6.11. The lowest BCUT2D eigenvalue weighted by Gasteiger charge is -2.02. The van der Waals surface area contributed by atoms with Crippen molar-refractivity contribution in [3.63, 3.8) is 0 Å². The summed E-state index contributed by atoms with van der Waals surface area (Å²) >= 11 is 5.83. The normalized spacial score (nSPS) is 11.4. The van der Waals surface area contributed by atoms with Crippen LogP contribution >= 0.6 is 11.6 Å². The third kappa shape index (κ3) is 3.55. The summed E-state index contributed by atoms with van der Waals surface area (Å²) in [5.41, 5.74) is 3.55. The number of rotatable bonds is 3. The highest BCUT2D eigenvalue weighted by Crippen LogP contribution is 2.15.